The number of amides is 1. The Morgan fingerprint density at radius 1 is 1.50 bits per heavy atom. The van der Waals surface area contributed by atoms with Crippen molar-refractivity contribution in [2.45, 2.75) is 50.7 Å². The van der Waals surface area contributed by atoms with E-state index < -0.39 is 0 Å². The number of nitrogens with zero attached hydrogens (tertiary/aromatic N) is 2. The van der Waals surface area contributed by atoms with Gasteiger partial charge in [0.25, 0.3) is 0 Å². The highest BCUT2D eigenvalue weighted by molar-refractivity contribution is 5.80. The lowest BCUT2D eigenvalue weighted by Crippen LogP contribution is -2.53. The molecule has 3 unspecified atom stereocenters. The van der Waals surface area contributed by atoms with E-state index in [9.17, 15) is 4.79 Å². The van der Waals surface area contributed by atoms with Crippen LogP contribution in [-0.4, -0.2) is 34.4 Å². The first-order valence-corrected chi connectivity index (χ1v) is 7.36. The summed E-state index contributed by atoms with van der Waals surface area (Å²) in [4.78, 5) is 18.3. The summed E-state index contributed by atoms with van der Waals surface area (Å²) in [6.45, 7) is 2.91. The van der Waals surface area contributed by atoms with E-state index in [0.717, 1.165) is 37.9 Å². The second-order valence-corrected chi connectivity index (χ2v) is 5.42. The number of likely N-dealkylation sites (tertiary alicyclic amines) is 1. The van der Waals surface area contributed by atoms with Crippen LogP contribution in [0.25, 0.3) is 0 Å². The first-order valence-electron chi connectivity index (χ1n) is 7.36. The van der Waals surface area contributed by atoms with Gasteiger partial charge >= 0.3 is 0 Å². The number of aromatic nitrogens is 1. The third-order valence-electron chi connectivity index (χ3n) is 4.10. The van der Waals surface area contributed by atoms with Gasteiger partial charge in [0.2, 0.25) is 5.91 Å². The van der Waals surface area contributed by atoms with Gasteiger partial charge in [-0.3, -0.25) is 14.7 Å². The molecule has 1 aromatic heterocycles. The molecule has 2 rings (SSSR count). The molecule has 5 heteroatoms. The van der Waals surface area contributed by atoms with Crippen molar-refractivity contribution < 1.29 is 4.79 Å². The maximum absolute atomic E-state index is 11.7. The molecule has 1 aliphatic rings. The highest BCUT2D eigenvalue weighted by atomic mass is 16.1. The molecular weight excluding hydrogens is 252 g/mol. The van der Waals surface area contributed by atoms with Crippen molar-refractivity contribution in [1.82, 2.24) is 9.88 Å². The smallest absolute Gasteiger partial charge is 0.234 e. The molecule has 4 N–H and O–H groups in total. The van der Waals surface area contributed by atoms with Crippen LogP contribution in [0, 0.1) is 0 Å². The number of rotatable bonds is 5. The van der Waals surface area contributed by atoms with Gasteiger partial charge in [-0.2, -0.15) is 0 Å². The van der Waals surface area contributed by atoms with Crippen molar-refractivity contribution in [2.24, 2.45) is 11.5 Å². The zero-order chi connectivity index (χ0) is 14.5. The average Bonchev–Trinajstić information content (AvgIpc) is 2.48. The van der Waals surface area contributed by atoms with Crippen LogP contribution in [0.15, 0.2) is 24.4 Å². The summed E-state index contributed by atoms with van der Waals surface area (Å²) in [5.74, 6) is -0.256. The summed E-state index contributed by atoms with van der Waals surface area (Å²) in [5.41, 5.74) is 12.8. The van der Waals surface area contributed by atoms with Gasteiger partial charge in [-0.1, -0.05) is 19.4 Å². The first-order chi connectivity index (χ1) is 9.65. The SMILES string of the molecule is CCC(N)C(c1ccccn1)N1CCCCC1C(N)=O. The van der Waals surface area contributed by atoms with Crippen molar-refractivity contribution in [3.63, 3.8) is 0 Å². The molecule has 110 valence electrons. The van der Waals surface area contributed by atoms with E-state index in [-0.39, 0.29) is 24.0 Å². The van der Waals surface area contributed by atoms with Crippen molar-refractivity contribution in [2.75, 3.05) is 6.54 Å². The topological polar surface area (TPSA) is 85.2 Å². The van der Waals surface area contributed by atoms with E-state index in [4.69, 9.17) is 11.5 Å². The fourth-order valence-corrected chi connectivity index (χ4v) is 3.00. The number of nitrogens with two attached hydrogens (primary N) is 2. The number of pyridine rings is 1. The predicted octanol–water partition coefficient (Wildman–Crippen LogP) is 1.20. The van der Waals surface area contributed by atoms with Crippen LogP contribution in [0.2, 0.25) is 0 Å². The molecule has 1 saturated heterocycles. The minimum Gasteiger partial charge on any atom is -0.368 e. The summed E-state index contributed by atoms with van der Waals surface area (Å²) >= 11 is 0. The van der Waals surface area contributed by atoms with Crippen molar-refractivity contribution in [3.05, 3.63) is 30.1 Å². The summed E-state index contributed by atoms with van der Waals surface area (Å²) in [6, 6.07) is 5.50. The van der Waals surface area contributed by atoms with Crippen LogP contribution in [0.5, 0.6) is 0 Å². The summed E-state index contributed by atoms with van der Waals surface area (Å²) in [6.07, 6.45) is 5.54. The van der Waals surface area contributed by atoms with Crippen molar-refractivity contribution >= 4 is 5.91 Å². The van der Waals surface area contributed by atoms with Crippen LogP contribution in [0.4, 0.5) is 0 Å². The Hall–Kier alpha value is -1.46. The summed E-state index contributed by atoms with van der Waals surface area (Å²) in [7, 11) is 0. The number of hydrogen-bond acceptors (Lipinski definition) is 4. The maximum atomic E-state index is 11.7. The molecule has 2 heterocycles. The normalized spacial score (nSPS) is 23.2. The fraction of sp³-hybridized carbons (Fsp3) is 0.600. The molecule has 1 aromatic rings. The Labute approximate surface area is 120 Å². The van der Waals surface area contributed by atoms with Gasteiger partial charge < -0.3 is 11.5 Å². The molecule has 1 amide bonds. The monoisotopic (exact) mass is 276 g/mol. The third-order valence-corrected chi connectivity index (χ3v) is 4.10. The van der Waals surface area contributed by atoms with Crippen LogP contribution in [-0.2, 0) is 4.79 Å². The minimum absolute atomic E-state index is 0.0426. The molecule has 0 bridgehead atoms. The van der Waals surface area contributed by atoms with Crippen LogP contribution >= 0.6 is 0 Å². The van der Waals surface area contributed by atoms with Crippen LogP contribution < -0.4 is 11.5 Å². The highest BCUT2D eigenvalue weighted by Crippen LogP contribution is 2.30. The van der Waals surface area contributed by atoms with E-state index in [1.54, 1.807) is 6.20 Å². The minimum atomic E-state index is -0.256. The fourth-order valence-electron chi connectivity index (χ4n) is 3.00. The molecule has 0 aromatic carbocycles. The average molecular weight is 276 g/mol. The molecule has 20 heavy (non-hydrogen) atoms. The lowest BCUT2D eigenvalue weighted by Gasteiger charge is -2.41. The summed E-state index contributed by atoms with van der Waals surface area (Å²) in [5, 5.41) is 0. The molecule has 0 saturated carbocycles. The van der Waals surface area contributed by atoms with Gasteiger partial charge in [0.15, 0.2) is 0 Å². The molecule has 3 atom stereocenters. The van der Waals surface area contributed by atoms with Crippen LogP contribution in [0.1, 0.15) is 44.3 Å². The molecule has 0 spiro atoms. The third kappa shape index (κ3) is 3.16. The number of piperidine rings is 1. The van der Waals surface area contributed by atoms with Gasteiger partial charge in [-0.25, -0.2) is 0 Å². The van der Waals surface area contributed by atoms with E-state index in [0.29, 0.717) is 0 Å². The molecule has 1 aliphatic heterocycles. The van der Waals surface area contributed by atoms with Crippen molar-refractivity contribution in [3.8, 4) is 0 Å². The Bertz CT molecular complexity index is 437. The molecule has 5 nitrogen and oxygen atoms in total. The van der Waals surface area contributed by atoms with E-state index >= 15 is 0 Å². The molecular formula is C15H24N4O. The Balaban J connectivity index is 2.32. The lowest BCUT2D eigenvalue weighted by atomic mass is 9.93. The van der Waals surface area contributed by atoms with Gasteiger partial charge in [0.05, 0.1) is 17.8 Å². The number of carbonyl (C=O) groups is 1. The quantitative estimate of drug-likeness (QED) is 0.846. The standard InChI is InChI=1S/C15H24N4O/c1-2-11(16)14(12-7-3-5-9-18-12)19-10-6-4-8-13(19)15(17)20/h3,5,7,9,11,13-14H,2,4,6,8,10,16H2,1H3,(H2,17,20). The molecule has 0 radical (unpaired) electrons. The largest absolute Gasteiger partial charge is 0.368 e. The number of hydrogen-bond donors (Lipinski definition) is 2. The lowest BCUT2D eigenvalue weighted by molar-refractivity contribution is -0.125. The van der Waals surface area contributed by atoms with Crippen molar-refractivity contribution in [1.29, 1.82) is 0 Å². The summed E-state index contributed by atoms with van der Waals surface area (Å²) < 4.78 is 0. The van der Waals surface area contributed by atoms with Crippen LogP contribution in [0.3, 0.4) is 0 Å². The maximum Gasteiger partial charge on any atom is 0.234 e. The Kier molecular flexibility index (Phi) is 5.09. The van der Waals surface area contributed by atoms with E-state index in [2.05, 4.69) is 16.8 Å². The molecule has 0 aliphatic carbocycles. The van der Waals surface area contributed by atoms with Gasteiger partial charge in [-0.05, 0) is 37.9 Å². The van der Waals surface area contributed by atoms with E-state index in [1.807, 2.05) is 18.2 Å². The first kappa shape index (κ1) is 14.9. The Morgan fingerprint density at radius 2 is 2.30 bits per heavy atom. The predicted molar refractivity (Wildman–Crippen MR) is 78.8 cm³/mol. The Morgan fingerprint density at radius 3 is 2.90 bits per heavy atom. The highest BCUT2D eigenvalue weighted by Gasteiger charge is 2.36. The van der Waals surface area contributed by atoms with Gasteiger partial charge in [-0.15, -0.1) is 0 Å². The zero-order valence-electron chi connectivity index (χ0n) is 12.0. The zero-order valence-corrected chi connectivity index (χ0v) is 12.0. The second-order valence-electron chi connectivity index (χ2n) is 5.42. The number of primary amides is 1. The van der Waals surface area contributed by atoms with Gasteiger partial charge in [0, 0.05) is 12.2 Å². The number of carbonyl (C=O) groups excluding carboxylic acids is 1. The van der Waals surface area contributed by atoms with Gasteiger partial charge in [0.1, 0.15) is 0 Å². The molecule has 1 fully saturated rings. The second kappa shape index (κ2) is 6.81. The van der Waals surface area contributed by atoms with E-state index in [1.165, 1.54) is 0 Å².